The largest absolute Gasteiger partial charge is 0.503 e. The lowest BCUT2D eigenvalue weighted by Gasteiger charge is -2.13. The van der Waals surface area contributed by atoms with Crippen molar-refractivity contribution in [3.8, 4) is 0 Å². The Morgan fingerprint density at radius 2 is 1.23 bits per heavy atom. The van der Waals surface area contributed by atoms with Gasteiger partial charge < -0.3 is 21.3 Å². The van der Waals surface area contributed by atoms with Gasteiger partial charge in [0.2, 0.25) is 0 Å². The van der Waals surface area contributed by atoms with E-state index in [1.807, 2.05) is 0 Å². The van der Waals surface area contributed by atoms with Gasteiger partial charge in [0.1, 0.15) is 0 Å². The quantitative estimate of drug-likeness (QED) is 0.672. The van der Waals surface area contributed by atoms with Gasteiger partial charge in [0.25, 0.3) is 0 Å². The smallest absolute Gasteiger partial charge is 0.450 e. The van der Waals surface area contributed by atoms with Crippen molar-refractivity contribution in [2.45, 2.75) is 20.8 Å². The van der Waals surface area contributed by atoms with Crippen molar-refractivity contribution in [3.63, 3.8) is 0 Å². The fourth-order valence-electron chi connectivity index (χ4n) is 0.671. The minimum Gasteiger partial charge on any atom is -0.450 e. The molecule has 0 aliphatic carbocycles. The molecule has 0 unspecified atom stereocenters. The summed E-state index contributed by atoms with van der Waals surface area (Å²) in [5, 5.41) is 13.9. The van der Waals surface area contributed by atoms with Gasteiger partial charge in [-0.25, -0.2) is 4.79 Å². The molecule has 0 aliphatic rings. The van der Waals surface area contributed by atoms with Crippen LogP contribution in [-0.4, -0.2) is 40.9 Å². The van der Waals surface area contributed by atoms with Gasteiger partial charge >= 0.3 is 6.16 Å². The molecule has 13 heavy (non-hydrogen) atoms. The highest BCUT2D eigenvalue weighted by Crippen LogP contribution is 1.81. The van der Waals surface area contributed by atoms with E-state index in [-0.39, 0.29) is 18.6 Å². The molecule has 0 spiro atoms. The highest BCUT2D eigenvalue weighted by atomic mass is 35.5. The SMILES string of the molecule is CCN(CC)CC.Cl.N.O=C(O)O. The average molecular weight is 217 g/mol. The van der Waals surface area contributed by atoms with E-state index in [0.717, 1.165) is 0 Å². The zero-order chi connectivity index (χ0) is 9.28. The zero-order valence-corrected chi connectivity index (χ0v) is 9.30. The molecule has 0 saturated heterocycles. The molecular weight excluding hydrogens is 196 g/mol. The lowest BCUT2D eigenvalue weighted by molar-refractivity contribution is 0.137. The second-order valence-electron chi connectivity index (χ2n) is 1.90. The van der Waals surface area contributed by atoms with E-state index in [9.17, 15) is 0 Å². The second kappa shape index (κ2) is 17.5. The van der Waals surface area contributed by atoms with E-state index >= 15 is 0 Å². The molecule has 84 valence electrons. The Morgan fingerprint density at radius 1 is 1.08 bits per heavy atom. The Balaban J connectivity index is -0.0000000600. The van der Waals surface area contributed by atoms with Crippen LogP contribution in [0.4, 0.5) is 4.79 Å². The Bertz CT molecular complexity index is 90.2. The third-order valence-electron chi connectivity index (χ3n) is 1.34. The van der Waals surface area contributed by atoms with Crippen molar-refractivity contribution in [3.05, 3.63) is 0 Å². The van der Waals surface area contributed by atoms with Gasteiger partial charge in [-0.3, -0.25) is 0 Å². The van der Waals surface area contributed by atoms with Crippen molar-refractivity contribution in [2.24, 2.45) is 0 Å². The summed E-state index contributed by atoms with van der Waals surface area (Å²) >= 11 is 0. The molecule has 0 amide bonds. The normalized spacial score (nSPS) is 7.38. The standard InChI is InChI=1S/C6H15N.CH2O3.ClH.H3N/c1-4-7(5-2)6-3;2-1(3)4;;/h4-6H2,1-3H3;(H2,2,3,4);1H;1H3. The average Bonchev–Trinajstić information content (AvgIpc) is 1.90. The summed E-state index contributed by atoms with van der Waals surface area (Å²) in [6.07, 6.45) is -1.83. The molecule has 0 fully saturated rings. The molecule has 0 heterocycles. The van der Waals surface area contributed by atoms with Gasteiger partial charge in [-0.15, -0.1) is 12.4 Å². The van der Waals surface area contributed by atoms with Gasteiger partial charge in [-0.2, -0.15) is 0 Å². The van der Waals surface area contributed by atoms with Crippen LogP contribution in [0, 0.1) is 0 Å². The predicted octanol–water partition coefficient (Wildman–Crippen LogP) is 2.15. The first kappa shape index (κ1) is 22.9. The number of hydrogen-bond donors (Lipinski definition) is 3. The number of halogens is 1. The molecule has 6 heteroatoms. The lowest BCUT2D eigenvalue weighted by Crippen LogP contribution is -2.21. The Labute approximate surface area is 85.7 Å². The lowest BCUT2D eigenvalue weighted by atomic mass is 10.5. The third-order valence-corrected chi connectivity index (χ3v) is 1.34. The van der Waals surface area contributed by atoms with E-state index in [0.29, 0.717) is 0 Å². The monoisotopic (exact) mass is 216 g/mol. The van der Waals surface area contributed by atoms with Crippen molar-refractivity contribution in [1.29, 1.82) is 0 Å². The number of hydrogen-bond acceptors (Lipinski definition) is 3. The summed E-state index contributed by atoms with van der Waals surface area (Å²) in [5.41, 5.74) is 0. The fourth-order valence-corrected chi connectivity index (χ4v) is 0.671. The Morgan fingerprint density at radius 3 is 1.23 bits per heavy atom. The number of rotatable bonds is 3. The summed E-state index contributed by atoms with van der Waals surface area (Å²) in [5.74, 6) is 0. The summed E-state index contributed by atoms with van der Waals surface area (Å²) in [7, 11) is 0. The summed E-state index contributed by atoms with van der Waals surface area (Å²) < 4.78 is 0. The van der Waals surface area contributed by atoms with Crippen LogP contribution in [0.3, 0.4) is 0 Å². The highest BCUT2D eigenvalue weighted by molar-refractivity contribution is 5.85. The van der Waals surface area contributed by atoms with Crippen LogP contribution in [0.2, 0.25) is 0 Å². The number of nitrogens with zero attached hydrogens (tertiary/aromatic N) is 1. The second-order valence-corrected chi connectivity index (χ2v) is 1.90. The van der Waals surface area contributed by atoms with E-state index < -0.39 is 6.16 Å². The van der Waals surface area contributed by atoms with E-state index in [1.165, 1.54) is 19.6 Å². The first-order valence-electron chi connectivity index (χ1n) is 3.72. The van der Waals surface area contributed by atoms with E-state index in [4.69, 9.17) is 15.0 Å². The highest BCUT2D eigenvalue weighted by Gasteiger charge is 1.89. The van der Waals surface area contributed by atoms with Crippen LogP contribution >= 0.6 is 12.4 Å². The van der Waals surface area contributed by atoms with E-state index in [2.05, 4.69) is 25.7 Å². The van der Waals surface area contributed by atoms with Gasteiger partial charge in [0, 0.05) is 0 Å². The number of carboxylic acid groups (broad SMARTS) is 2. The van der Waals surface area contributed by atoms with Gasteiger partial charge in [0.15, 0.2) is 0 Å². The Hall–Kier alpha value is -0.520. The van der Waals surface area contributed by atoms with Crippen molar-refractivity contribution < 1.29 is 15.0 Å². The molecule has 0 aromatic rings. The van der Waals surface area contributed by atoms with Gasteiger partial charge in [0.05, 0.1) is 0 Å². The van der Waals surface area contributed by atoms with Crippen molar-refractivity contribution >= 4 is 18.6 Å². The maximum Gasteiger partial charge on any atom is 0.503 e. The summed E-state index contributed by atoms with van der Waals surface area (Å²) in [6.45, 7) is 10.1. The Kier molecular flexibility index (Phi) is 30.8. The van der Waals surface area contributed by atoms with Crippen LogP contribution < -0.4 is 6.15 Å². The third kappa shape index (κ3) is 34.4. The maximum absolute atomic E-state index is 8.56. The van der Waals surface area contributed by atoms with Gasteiger partial charge in [-0.1, -0.05) is 20.8 Å². The van der Waals surface area contributed by atoms with Crippen LogP contribution in [0.25, 0.3) is 0 Å². The molecule has 0 rings (SSSR count). The van der Waals surface area contributed by atoms with Crippen LogP contribution in [0.15, 0.2) is 0 Å². The van der Waals surface area contributed by atoms with Crippen molar-refractivity contribution in [2.75, 3.05) is 19.6 Å². The minimum atomic E-state index is -1.83. The van der Waals surface area contributed by atoms with Crippen LogP contribution in [0.5, 0.6) is 0 Å². The maximum atomic E-state index is 8.56. The predicted molar refractivity (Wildman–Crippen MR) is 56.4 cm³/mol. The molecule has 0 bridgehead atoms. The molecule has 0 saturated carbocycles. The molecule has 0 aliphatic heterocycles. The first-order chi connectivity index (χ1) is 5.08. The summed E-state index contributed by atoms with van der Waals surface area (Å²) in [4.78, 5) is 10.9. The molecule has 5 nitrogen and oxygen atoms in total. The molecular formula is C7H21ClN2O3. The van der Waals surface area contributed by atoms with Crippen LogP contribution in [-0.2, 0) is 0 Å². The van der Waals surface area contributed by atoms with Crippen LogP contribution in [0.1, 0.15) is 20.8 Å². The molecule has 0 atom stereocenters. The summed E-state index contributed by atoms with van der Waals surface area (Å²) in [6, 6.07) is 0. The minimum absolute atomic E-state index is 0. The molecule has 5 N–H and O–H groups in total. The topological polar surface area (TPSA) is 95.8 Å². The molecule has 0 aromatic carbocycles. The van der Waals surface area contributed by atoms with E-state index in [1.54, 1.807) is 0 Å². The number of carbonyl (C=O) groups is 1. The first-order valence-corrected chi connectivity index (χ1v) is 3.72. The zero-order valence-electron chi connectivity index (χ0n) is 8.49. The van der Waals surface area contributed by atoms with Gasteiger partial charge in [-0.05, 0) is 19.6 Å². The molecule has 0 radical (unpaired) electrons. The molecule has 0 aromatic heterocycles. The van der Waals surface area contributed by atoms with Crippen molar-refractivity contribution in [1.82, 2.24) is 11.1 Å². The fraction of sp³-hybridized carbons (Fsp3) is 0.857.